The molecule has 1 heterocycles. The number of halogens is 3. The molecule has 5 aromatic rings. The van der Waals surface area contributed by atoms with Crippen LogP contribution in [0.1, 0.15) is 15.9 Å². The Kier molecular flexibility index (Phi) is 6.01. The highest BCUT2D eigenvalue weighted by Crippen LogP contribution is 2.36. The molecule has 0 fully saturated rings. The SMILES string of the molecule is O=C(c1ccc(F)cc1)c1ccc(-c2[nH]c(-c3ccc(Cl)cc3Cl)nc2-c2ccccc2)cc1. The highest BCUT2D eigenvalue weighted by Gasteiger charge is 2.18. The van der Waals surface area contributed by atoms with Crippen molar-refractivity contribution in [1.29, 1.82) is 0 Å². The lowest BCUT2D eigenvalue weighted by molar-refractivity contribution is 0.103. The number of carbonyl (C=O) groups excluding carboxylic acids is 1. The zero-order valence-corrected chi connectivity index (χ0v) is 19.2. The van der Waals surface area contributed by atoms with Crippen LogP contribution in [0.4, 0.5) is 4.39 Å². The minimum absolute atomic E-state index is 0.173. The third kappa shape index (κ3) is 4.38. The molecule has 0 unspecified atom stereocenters. The Morgan fingerprint density at radius 2 is 1.41 bits per heavy atom. The Balaban J connectivity index is 1.56. The summed E-state index contributed by atoms with van der Waals surface area (Å²) in [7, 11) is 0. The Labute approximate surface area is 205 Å². The first-order valence-corrected chi connectivity index (χ1v) is 11.3. The van der Waals surface area contributed by atoms with Gasteiger partial charge in [-0.1, -0.05) is 77.8 Å². The van der Waals surface area contributed by atoms with Gasteiger partial charge in [-0.3, -0.25) is 4.79 Å². The summed E-state index contributed by atoms with van der Waals surface area (Å²) >= 11 is 12.5. The zero-order chi connectivity index (χ0) is 23.7. The Morgan fingerprint density at radius 1 is 0.765 bits per heavy atom. The van der Waals surface area contributed by atoms with Crippen LogP contribution in [-0.4, -0.2) is 15.8 Å². The van der Waals surface area contributed by atoms with Gasteiger partial charge in [0.2, 0.25) is 0 Å². The first-order valence-electron chi connectivity index (χ1n) is 10.5. The molecular weight excluding hydrogens is 470 g/mol. The van der Waals surface area contributed by atoms with Gasteiger partial charge in [0.15, 0.2) is 5.78 Å². The van der Waals surface area contributed by atoms with Gasteiger partial charge in [-0.05, 0) is 42.5 Å². The number of H-pyrrole nitrogens is 1. The number of imidazole rings is 1. The number of benzene rings is 4. The summed E-state index contributed by atoms with van der Waals surface area (Å²) < 4.78 is 13.2. The molecule has 0 bridgehead atoms. The first kappa shape index (κ1) is 22.1. The molecule has 0 aliphatic heterocycles. The molecule has 1 aromatic heterocycles. The van der Waals surface area contributed by atoms with Gasteiger partial charge in [-0.15, -0.1) is 0 Å². The molecule has 0 aliphatic carbocycles. The molecule has 0 aliphatic rings. The summed E-state index contributed by atoms with van der Waals surface area (Å²) in [6.07, 6.45) is 0. The second kappa shape index (κ2) is 9.26. The topological polar surface area (TPSA) is 45.8 Å². The maximum Gasteiger partial charge on any atom is 0.193 e. The quantitative estimate of drug-likeness (QED) is 0.255. The molecule has 0 radical (unpaired) electrons. The molecule has 5 rings (SSSR count). The molecule has 4 aromatic carbocycles. The van der Waals surface area contributed by atoms with Crippen LogP contribution in [0.15, 0.2) is 97.1 Å². The first-order chi connectivity index (χ1) is 16.5. The van der Waals surface area contributed by atoms with Crippen molar-refractivity contribution >= 4 is 29.0 Å². The van der Waals surface area contributed by atoms with E-state index < -0.39 is 0 Å². The van der Waals surface area contributed by atoms with Crippen LogP contribution in [0, 0.1) is 5.82 Å². The predicted octanol–water partition coefficient (Wildman–Crippen LogP) is 8.09. The lowest BCUT2D eigenvalue weighted by Crippen LogP contribution is -2.01. The van der Waals surface area contributed by atoms with E-state index in [4.69, 9.17) is 28.2 Å². The van der Waals surface area contributed by atoms with Crippen LogP contribution in [-0.2, 0) is 0 Å². The summed E-state index contributed by atoms with van der Waals surface area (Å²) in [5.41, 5.74) is 5.04. The van der Waals surface area contributed by atoms with E-state index in [-0.39, 0.29) is 11.6 Å². The summed E-state index contributed by atoms with van der Waals surface area (Å²) in [6, 6.07) is 27.9. The van der Waals surface area contributed by atoms with Crippen molar-refractivity contribution in [2.75, 3.05) is 0 Å². The van der Waals surface area contributed by atoms with E-state index in [1.165, 1.54) is 24.3 Å². The highest BCUT2D eigenvalue weighted by molar-refractivity contribution is 6.36. The number of nitrogens with zero attached hydrogens (tertiary/aromatic N) is 1. The van der Waals surface area contributed by atoms with Crippen LogP contribution < -0.4 is 0 Å². The maximum absolute atomic E-state index is 13.2. The standard InChI is InChI=1S/C28H17Cl2FN2O/c29-21-12-15-23(24(30)16-21)28-32-25(17-4-2-1-3-5-17)26(33-28)18-6-8-19(9-7-18)27(34)20-10-13-22(31)14-11-20/h1-16H,(H,32,33). The molecule has 1 N–H and O–H groups in total. The lowest BCUT2D eigenvalue weighted by atomic mass is 10.00. The van der Waals surface area contributed by atoms with Crippen molar-refractivity contribution in [1.82, 2.24) is 9.97 Å². The Hall–Kier alpha value is -3.73. The molecule has 0 atom stereocenters. The van der Waals surface area contributed by atoms with E-state index in [0.29, 0.717) is 27.0 Å². The number of nitrogens with one attached hydrogen (secondary N) is 1. The summed E-state index contributed by atoms with van der Waals surface area (Å²) in [5.74, 6) is 0.0613. The summed E-state index contributed by atoms with van der Waals surface area (Å²) in [6.45, 7) is 0. The summed E-state index contributed by atoms with van der Waals surface area (Å²) in [4.78, 5) is 21.0. The van der Waals surface area contributed by atoms with Crippen LogP contribution in [0.3, 0.4) is 0 Å². The maximum atomic E-state index is 13.2. The monoisotopic (exact) mass is 486 g/mol. The number of aromatic nitrogens is 2. The van der Waals surface area contributed by atoms with Gasteiger partial charge in [0, 0.05) is 32.8 Å². The molecule has 34 heavy (non-hydrogen) atoms. The second-order valence-electron chi connectivity index (χ2n) is 7.71. The van der Waals surface area contributed by atoms with E-state index in [1.54, 1.807) is 24.3 Å². The smallest absolute Gasteiger partial charge is 0.193 e. The van der Waals surface area contributed by atoms with Gasteiger partial charge in [0.1, 0.15) is 11.6 Å². The Morgan fingerprint density at radius 3 is 2.06 bits per heavy atom. The zero-order valence-electron chi connectivity index (χ0n) is 17.7. The number of carbonyl (C=O) groups is 1. The number of hydrogen-bond acceptors (Lipinski definition) is 2. The van der Waals surface area contributed by atoms with Gasteiger partial charge in [0.05, 0.1) is 16.4 Å². The number of ketones is 1. The highest BCUT2D eigenvalue weighted by atomic mass is 35.5. The van der Waals surface area contributed by atoms with Crippen molar-refractivity contribution in [3.05, 3.63) is 124 Å². The van der Waals surface area contributed by atoms with Gasteiger partial charge >= 0.3 is 0 Å². The van der Waals surface area contributed by atoms with Crippen LogP contribution in [0.25, 0.3) is 33.9 Å². The second-order valence-corrected chi connectivity index (χ2v) is 8.56. The van der Waals surface area contributed by atoms with Gasteiger partial charge in [-0.25, -0.2) is 9.37 Å². The minimum Gasteiger partial charge on any atom is -0.337 e. The van der Waals surface area contributed by atoms with Crippen molar-refractivity contribution in [2.24, 2.45) is 0 Å². The number of rotatable bonds is 5. The normalized spacial score (nSPS) is 10.9. The van der Waals surface area contributed by atoms with E-state index in [1.807, 2.05) is 48.5 Å². The fraction of sp³-hybridized carbons (Fsp3) is 0. The number of hydrogen-bond donors (Lipinski definition) is 1. The molecule has 166 valence electrons. The molecule has 0 amide bonds. The van der Waals surface area contributed by atoms with E-state index in [0.717, 1.165) is 28.1 Å². The number of aromatic amines is 1. The minimum atomic E-state index is -0.379. The average Bonchev–Trinajstić information content (AvgIpc) is 3.30. The summed E-state index contributed by atoms with van der Waals surface area (Å²) in [5, 5.41) is 1.04. The van der Waals surface area contributed by atoms with Crippen molar-refractivity contribution < 1.29 is 9.18 Å². The largest absolute Gasteiger partial charge is 0.337 e. The molecule has 3 nitrogen and oxygen atoms in total. The third-order valence-electron chi connectivity index (χ3n) is 5.48. The average molecular weight is 487 g/mol. The third-order valence-corrected chi connectivity index (χ3v) is 6.03. The Bertz CT molecular complexity index is 1480. The van der Waals surface area contributed by atoms with Crippen molar-refractivity contribution in [3.8, 4) is 33.9 Å². The molecule has 6 heteroatoms. The van der Waals surface area contributed by atoms with Crippen LogP contribution in [0.2, 0.25) is 10.0 Å². The van der Waals surface area contributed by atoms with Crippen LogP contribution >= 0.6 is 23.2 Å². The van der Waals surface area contributed by atoms with Gasteiger partial charge in [0.25, 0.3) is 0 Å². The van der Waals surface area contributed by atoms with E-state index >= 15 is 0 Å². The fourth-order valence-electron chi connectivity index (χ4n) is 3.75. The predicted molar refractivity (Wildman–Crippen MR) is 135 cm³/mol. The van der Waals surface area contributed by atoms with E-state index in [2.05, 4.69) is 4.98 Å². The molecular formula is C28H17Cl2FN2O. The van der Waals surface area contributed by atoms with Gasteiger partial charge in [-0.2, -0.15) is 0 Å². The fourth-order valence-corrected chi connectivity index (χ4v) is 4.25. The van der Waals surface area contributed by atoms with Crippen molar-refractivity contribution in [3.63, 3.8) is 0 Å². The van der Waals surface area contributed by atoms with E-state index in [9.17, 15) is 9.18 Å². The molecule has 0 saturated heterocycles. The van der Waals surface area contributed by atoms with Crippen molar-refractivity contribution in [2.45, 2.75) is 0 Å². The lowest BCUT2D eigenvalue weighted by Gasteiger charge is -2.06. The molecule has 0 spiro atoms. The van der Waals surface area contributed by atoms with Gasteiger partial charge < -0.3 is 4.98 Å². The molecule has 0 saturated carbocycles. The van der Waals surface area contributed by atoms with Crippen LogP contribution in [0.5, 0.6) is 0 Å².